The first kappa shape index (κ1) is 39.8. The van der Waals surface area contributed by atoms with Crippen LogP contribution in [0.3, 0.4) is 0 Å². The monoisotopic (exact) mass is 698 g/mol. The van der Waals surface area contributed by atoms with E-state index >= 15 is 0 Å². The van der Waals surface area contributed by atoms with E-state index in [-0.39, 0.29) is 21.3 Å². The molecule has 2 aliphatic heterocycles. The minimum atomic E-state index is -5.01. The summed E-state index contributed by atoms with van der Waals surface area (Å²) < 4.78 is 95.3. The number of nitrogens with zero attached hydrogens (tertiary/aromatic N) is 4. The average molecular weight is 698 g/mol. The number of ether oxygens (including phenoxy) is 7. The first-order valence-corrected chi connectivity index (χ1v) is 16.1. The molecule has 8 unspecified atom stereocenters. The number of esters is 3. The summed E-state index contributed by atoms with van der Waals surface area (Å²) in [5.74, 6) is -4.91. The number of halogens is 3. The van der Waals surface area contributed by atoms with Gasteiger partial charge in [-0.05, 0) is 0 Å². The van der Waals surface area contributed by atoms with Gasteiger partial charge >= 0.3 is 245 Å². The van der Waals surface area contributed by atoms with Gasteiger partial charge in [0.2, 0.25) is 0 Å². The molecular formula is C24H37B2F3N4O11P2. The number of hydrogen-bond donors (Lipinski definition) is 0. The van der Waals surface area contributed by atoms with Crippen molar-refractivity contribution in [2.45, 2.75) is 109 Å². The van der Waals surface area contributed by atoms with Gasteiger partial charge in [0.25, 0.3) is 0 Å². The first-order chi connectivity index (χ1) is 21.6. The van der Waals surface area contributed by atoms with Crippen LogP contribution in [0.15, 0.2) is 9.88 Å². The minimum absolute atomic E-state index is 0.0104. The molecule has 46 heavy (non-hydrogen) atoms. The van der Waals surface area contributed by atoms with Gasteiger partial charge in [0.05, 0.1) is 0 Å². The Kier molecular flexibility index (Phi) is 15.8. The van der Waals surface area contributed by atoms with Crippen molar-refractivity contribution in [2.75, 3.05) is 6.61 Å². The summed E-state index contributed by atoms with van der Waals surface area (Å²) in [6.07, 6.45) is -14.2. The van der Waals surface area contributed by atoms with Crippen molar-refractivity contribution in [3.8, 4) is 0 Å². The second-order valence-corrected chi connectivity index (χ2v) is 12.4. The number of alkyl halides is 3. The Bertz CT molecular complexity index is 1170. The fraction of sp³-hybridized carbons (Fsp3) is 0.833. The van der Waals surface area contributed by atoms with E-state index < -0.39 is 97.3 Å². The van der Waals surface area contributed by atoms with Crippen molar-refractivity contribution in [2.24, 2.45) is 21.7 Å². The predicted octanol–water partition coefficient (Wildman–Crippen LogP) is 2.74. The Hall–Kier alpha value is -2.35. The molecule has 0 aromatic carbocycles. The van der Waals surface area contributed by atoms with Gasteiger partial charge in [0, 0.05) is 13.8 Å². The van der Waals surface area contributed by atoms with Gasteiger partial charge in [-0.15, -0.1) is 0 Å². The van der Waals surface area contributed by atoms with Crippen LogP contribution < -0.4 is 0 Å². The Balaban J connectivity index is 2.67. The SMILES string of the molecule is CC[C@H](C)C1OC(O/C(=N\P)C(F)(F)F)C(O[C@H]2OC(COC(C)=O)[C@@H](OC(C)=O)C(OC(C)=O)C2N=[N+]=[N-])[C@@H](C)[C@@H]1PBB=O. The Morgan fingerprint density at radius 2 is 1.70 bits per heavy atom. The summed E-state index contributed by atoms with van der Waals surface area (Å²) in [6.45, 7) is 8.22. The van der Waals surface area contributed by atoms with E-state index in [1.807, 2.05) is 13.8 Å². The molecule has 13 atom stereocenters. The molecule has 2 aliphatic rings. The van der Waals surface area contributed by atoms with Crippen molar-refractivity contribution in [3.05, 3.63) is 10.4 Å². The van der Waals surface area contributed by atoms with E-state index in [4.69, 9.17) is 33.2 Å². The Morgan fingerprint density at radius 3 is 2.20 bits per heavy atom. The van der Waals surface area contributed by atoms with Crippen LogP contribution in [0.2, 0.25) is 0 Å². The molecule has 2 heterocycles. The quantitative estimate of drug-likeness (QED) is 0.0316. The van der Waals surface area contributed by atoms with Crippen LogP contribution in [0.5, 0.6) is 0 Å². The molecule has 2 saturated heterocycles. The average Bonchev–Trinajstić information content (AvgIpc) is 2.96. The summed E-state index contributed by atoms with van der Waals surface area (Å²) in [4.78, 5) is 38.6. The van der Waals surface area contributed by atoms with E-state index in [1.54, 1.807) is 16.3 Å². The van der Waals surface area contributed by atoms with E-state index in [1.165, 1.54) is 0 Å². The number of azide groups is 1. The maximum absolute atomic E-state index is 13.8. The van der Waals surface area contributed by atoms with Crippen molar-refractivity contribution < 1.29 is 65.4 Å². The standard InChI is InChI=1S/C24H37B2F3N4O11P2/c1-7-9(2)16-20(46-26-25-37)10(3)17(22(42-16)44-23(32-45)24(27,28)29)43-21-15(31-33-30)19(40-13(6)36)18(39-12(5)35)14(41-21)8-38-11(4)34/h9-10,14-22,26,46H,7-8,45H2,1-6H3/b32-23-/t9-,10+,14?,15?,16?,17?,18+,19?,20-,21+,22?/m0/s1. The number of rotatable bonds is 13. The summed E-state index contributed by atoms with van der Waals surface area (Å²) in [7, 11) is 2.29. The molecule has 256 valence electrons. The molecule has 0 aromatic rings. The van der Waals surface area contributed by atoms with Gasteiger partial charge in [0.1, 0.15) is 0 Å². The summed E-state index contributed by atoms with van der Waals surface area (Å²) in [5, 5.41) is 3.66. The third-order valence-electron chi connectivity index (χ3n) is 7.37. The first-order valence-electron chi connectivity index (χ1n) is 14.3. The molecule has 22 heteroatoms. The van der Waals surface area contributed by atoms with E-state index in [9.17, 15) is 37.8 Å². The zero-order valence-corrected chi connectivity index (χ0v) is 28.2. The Morgan fingerprint density at radius 1 is 1.07 bits per heavy atom. The van der Waals surface area contributed by atoms with E-state index in [0.717, 1.165) is 27.8 Å². The molecule has 0 radical (unpaired) electrons. The van der Waals surface area contributed by atoms with Gasteiger partial charge in [-0.2, -0.15) is 0 Å². The van der Waals surface area contributed by atoms with Crippen LogP contribution in [-0.4, -0.2) is 105 Å². The third-order valence-corrected chi connectivity index (χ3v) is 9.34. The molecule has 0 aromatic heterocycles. The molecule has 0 spiro atoms. The van der Waals surface area contributed by atoms with Crippen LogP contribution in [-0.2, 0) is 52.2 Å². The molecule has 0 saturated carbocycles. The fourth-order valence-corrected chi connectivity index (χ4v) is 6.95. The summed E-state index contributed by atoms with van der Waals surface area (Å²) in [6, 6.07) is -1.57. The van der Waals surface area contributed by atoms with Crippen molar-refractivity contribution in [3.63, 3.8) is 0 Å². The van der Waals surface area contributed by atoms with E-state index in [0.29, 0.717) is 6.42 Å². The van der Waals surface area contributed by atoms with E-state index in [2.05, 4.69) is 14.8 Å². The third kappa shape index (κ3) is 10.8. The number of hydrogen-bond acceptors (Lipinski definition) is 13. The molecular weight excluding hydrogens is 661 g/mol. The molecule has 15 nitrogen and oxygen atoms in total. The van der Waals surface area contributed by atoms with Crippen LogP contribution >= 0.6 is 17.8 Å². The normalized spacial score (nSPS) is 32.4. The fourth-order valence-electron chi connectivity index (χ4n) is 5.17. The van der Waals surface area contributed by atoms with Gasteiger partial charge < -0.3 is 0 Å². The van der Waals surface area contributed by atoms with Gasteiger partial charge in [-0.1, -0.05) is 0 Å². The second-order valence-electron chi connectivity index (χ2n) is 10.7. The second kappa shape index (κ2) is 18.3. The molecule has 2 fully saturated rings. The van der Waals surface area contributed by atoms with Crippen molar-refractivity contribution >= 4 is 55.6 Å². The summed E-state index contributed by atoms with van der Waals surface area (Å²) in [5.41, 5.74) is 9.02. The predicted molar refractivity (Wildman–Crippen MR) is 161 cm³/mol. The maximum atomic E-state index is 13.8. The zero-order valence-electron chi connectivity index (χ0n) is 26.0. The summed E-state index contributed by atoms with van der Waals surface area (Å²) >= 11 is 0. The molecule has 0 amide bonds. The van der Waals surface area contributed by atoms with Crippen LogP contribution in [0.25, 0.3) is 10.4 Å². The Labute approximate surface area is 268 Å². The van der Waals surface area contributed by atoms with Crippen molar-refractivity contribution in [1.29, 1.82) is 0 Å². The molecule has 0 aliphatic carbocycles. The number of carbonyl (C=O) groups is 3. The topological polar surface area (TPSA) is 194 Å². The number of carbonyl (C=O) groups excluding carboxylic acids is 3. The van der Waals surface area contributed by atoms with Crippen molar-refractivity contribution in [1.82, 2.24) is 0 Å². The van der Waals surface area contributed by atoms with Gasteiger partial charge in [-0.25, -0.2) is 0 Å². The molecule has 0 bridgehead atoms. The van der Waals surface area contributed by atoms with Gasteiger partial charge in [0.15, 0.2) is 0 Å². The molecule has 0 N–H and O–H groups in total. The van der Waals surface area contributed by atoms with Gasteiger partial charge in [-0.3, -0.25) is 9.59 Å². The molecule has 2 rings (SSSR count). The zero-order chi connectivity index (χ0) is 34.8. The van der Waals surface area contributed by atoms with Crippen LogP contribution in [0, 0.1) is 11.8 Å². The van der Waals surface area contributed by atoms with Crippen LogP contribution in [0.4, 0.5) is 13.2 Å². The van der Waals surface area contributed by atoms with Crippen LogP contribution in [0.1, 0.15) is 48.0 Å².